The van der Waals surface area contributed by atoms with Gasteiger partial charge in [0, 0.05) is 18.7 Å². The fraction of sp³-hybridized carbons (Fsp3) is 0.583. The molecule has 2 nitrogen and oxygen atoms in total. The molecule has 0 bridgehead atoms. The summed E-state index contributed by atoms with van der Waals surface area (Å²) in [5.74, 6) is 1.61. The Bertz CT molecular complexity index is 366. The van der Waals surface area contributed by atoms with Crippen LogP contribution < -0.4 is 4.90 Å². The number of anilines is 1. The first kappa shape index (κ1) is 11.6. The second-order valence-corrected chi connectivity index (χ2v) is 4.52. The third kappa shape index (κ3) is 2.64. The van der Waals surface area contributed by atoms with E-state index in [0.29, 0.717) is 5.88 Å². The molecule has 0 atom stereocenters. The van der Waals surface area contributed by atoms with Crippen molar-refractivity contribution in [1.82, 2.24) is 4.98 Å². The molecule has 1 aromatic rings. The van der Waals surface area contributed by atoms with E-state index in [1.165, 1.54) is 25.1 Å². The highest BCUT2D eigenvalue weighted by Gasteiger charge is 2.25. The van der Waals surface area contributed by atoms with Gasteiger partial charge in [0.15, 0.2) is 0 Å². The summed E-state index contributed by atoms with van der Waals surface area (Å²) in [6, 6.07) is 1.48. The Morgan fingerprint density at radius 3 is 2.88 bits per heavy atom. The minimum Gasteiger partial charge on any atom is -0.356 e. The highest BCUT2D eigenvalue weighted by Crippen LogP contribution is 2.32. The zero-order chi connectivity index (χ0) is 11.5. The first-order chi connectivity index (χ1) is 7.74. The molecule has 1 aliphatic carbocycles. The van der Waals surface area contributed by atoms with Gasteiger partial charge in [0.05, 0.1) is 12.1 Å². The molecule has 88 valence electrons. The van der Waals surface area contributed by atoms with Crippen LogP contribution in [0.15, 0.2) is 12.3 Å². The lowest BCUT2D eigenvalue weighted by molar-refractivity contribution is 0.617. The highest BCUT2D eigenvalue weighted by atomic mass is 35.5. The normalized spacial score (nSPS) is 15.2. The topological polar surface area (TPSA) is 16.1 Å². The van der Waals surface area contributed by atoms with Gasteiger partial charge >= 0.3 is 0 Å². The molecule has 4 heteroatoms. The molecule has 2 rings (SSSR count). The number of rotatable bonds is 5. The zero-order valence-electron chi connectivity index (χ0n) is 9.42. The third-order valence-electron chi connectivity index (χ3n) is 2.91. The van der Waals surface area contributed by atoms with Gasteiger partial charge < -0.3 is 4.90 Å². The largest absolute Gasteiger partial charge is 0.356 e. The summed E-state index contributed by atoms with van der Waals surface area (Å²) in [5, 5.41) is 0. The first-order valence-corrected chi connectivity index (χ1v) is 6.23. The molecule has 0 spiro atoms. The monoisotopic (exact) mass is 242 g/mol. The lowest BCUT2D eigenvalue weighted by Gasteiger charge is -2.23. The lowest BCUT2D eigenvalue weighted by atomic mass is 10.2. The van der Waals surface area contributed by atoms with Crippen molar-refractivity contribution in [2.45, 2.75) is 25.6 Å². The molecule has 0 radical (unpaired) electrons. The molecule has 1 aromatic heterocycles. The molecular formula is C12H16ClFN2. The molecule has 0 aromatic carbocycles. The molecule has 1 fully saturated rings. The maximum absolute atomic E-state index is 13.0. The summed E-state index contributed by atoms with van der Waals surface area (Å²) in [4.78, 5) is 6.36. The molecule has 0 aliphatic heterocycles. The minimum absolute atomic E-state index is 0.307. The number of pyridine rings is 1. The Kier molecular flexibility index (Phi) is 3.64. The van der Waals surface area contributed by atoms with Gasteiger partial charge in [-0.3, -0.25) is 0 Å². The van der Waals surface area contributed by atoms with E-state index in [4.69, 9.17) is 11.6 Å². The van der Waals surface area contributed by atoms with Crippen LogP contribution in [0.5, 0.6) is 0 Å². The van der Waals surface area contributed by atoms with Crippen molar-refractivity contribution in [2.24, 2.45) is 5.92 Å². The van der Waals surface area contributed by atoms with Crippen LogP contribution in [0.1, 0.15) is 25.3 Å². The van der Waals surface area contributed by atoms with Crippen LogP contribution in [0.4, 0.5) is 10.2 Å². The van der Waals surface area contributed by atoms with Crippen molar-refractivity contribution in [3.05, 3.63) is 23.6 Å². The van der Waals surface area contributed by atoms with Gasteiger partial charge in [0.25, 0.3) is 0 Å². The second-order valence-electron chi connectivity index (χ2n) is 4.25. The Morgan fingerprint density at radius 2 is 2.31 bits per heavy atom. The molecule has 0 unspecified atom stereocenters. The number of nitrogens with zero attached hydrogens (tertiary/aromatic N) is 2. The van der Waals surface area contributed by atoms with Crippen molar-refractivity contribution in [2.75, 3.05) is 18.0 Å². The van der Waals surface area contributed by atoms with Gasteiger partial charge in [-0.05, 0) is 31.7 Å². The SMILES string of the molecule is CCN(CC1CC1)c1ncc(F)cc1CCl. The van der Waals surface area contributed by atoms with Crippen molar-refractivity contribution in [3.8, 4) is 0 Å². The molecule has 1 heterocycles. The number of aromatic nitrogens is 1. The number of hydrogen-bond acceptors (Lipinski definition) is 2. The van der Waals surface area contributed by atoms with Gasteiger partial charge in [-0.15, -0.1) is 11.6 Å². The van der Waals surface area contributed by atoms with Crippen molar-refractivity contribution >= 4 is 17.4 Å². The number of alkyl halides is 1. The van der Waals surface area contributed by atoms with E-state index in [1.807, 2.05) is 0 Å². The predicted molar refractivity (Wildman–Crippen MR) is 64.4 cm³/mol. The van der Waals surface area contributed by atoms with Crippen LogP contribution in [-0.2, 0) is 5.88 Å². The standard InChI is InChI=1S/C12H16ClFN2/c1-2-16(8-9-3-4-9)12-10(6-13)5-11(14)7-15-12/h5,7,9H,2-4,6,8H2,1H3. The van der Waals surface area contributed by atoms with Gasteiger partial charge in [-0.1, -0.05) is 0 Å². The van der Waals surface area contributed by atoms with Gasteiger partial charge in [0.1, 0.15) is 11.6 Å². The molecule has 16 heavy (non-hydrogen) atoms. The second kappa shape index (κ2) is 5.00. The summed E-state index contributed by atoms with van der Waals surface area (Å²) in [6.07, 6.45) is 3.86. The quantitative estimate of drug-likeness (QED) is 0.738. The van der Waals surface area contributed by atoms with Crippen LogP contribution in [0.3, 0.4) is 0 Å². The molecule has 1 aliphatic rings. The first-order valence-electron chi connectivity index (χ1n) is 5.70. The van der Waals surface area contributed by atoms with Crippen LogP contribution in [0, 0.1) is 11.7 Å². The predicted octanol–water partition coefficient (Wildman–Crippen LogP) is 3.20. The van der Waals surface area contributed by atoms with Gasteiger partial charge in [-0.25, -0.2) is 9.37 Å². The van der Waals surface area contributed by atoms with Crippen molar-refractivity contribution < 1.29 is 4.39 Å². The summed E-state index contributed by atoms with van der Waals surface area (Å²) >= 11 is 5.82. The van der Waals surface area contributed by atoms with Crippen molar-refractivity contribution in [3.63, 3.8) is 0 Å². The zero-order valence-corrected chi connectivity index (χ0v) is 10.2. The highest BCUT2D eigenvalue weighted by molar-refractivity contribution is 6.17. The Balaban J connectivity index is 2.21. The summed E-state index contributed by atoms with van der Waals surface area (Å²) in [5.41, 5.74) is 0.782. The van der Waals surface area contributed by atoms with Crippen LogP contribution >= 0.6 is 11.6 Å². The molecule has 0 N–H and O–H groups in total. The average molecular weight is 243 g/mol. The van der Waals surface area contributed by atoms with Gasteiger partial charge in [-0.2, -0.15) is 0 Å². The number of halogens is 2. The summed E-state index contributed by atoms with van der Waals surface area (Å²) in [6.45, 7) is 3.99. The van der Waals surface area contributed by atoms with Gasteiger partial charge in [0.2, 0.25) is 0 Å². The molecule has 1 saturated carbocycles. The van der Waals surface area contributed by atoms with E-state index >= 15 is 0 Å². The average Bonchev–Trinajstić information content (AvgIpc) is 3.10. The minimum atomic E-state index is -0.318. The van der Waals surface area contributed by atoms with E-state index < -0.39 is 0 Å². The molecule has 0 amide bonds. The lowest BCUT2D eigenvalue weighted by Crippen LogP contribution is -2.27. The van der Waals surface area contributed by atoms with Crippen LogP contribution in [0.2, 0.25) is 0 Å². The Hall–Kier alpha value is -0.830. The van der Waals surface area contributed by atoms with Crippen molar-refractivity contribution in [1.29, 1.82) is 0 Å². The van der Waals surface area contributed by atoms with E-state index in [-0.39, 0.29) is 5.82 Å². The smallest absolute Gasteiger partial charge is 0.141 e. The summed E-state index contributed by atoms with van der Waals surface area (Å²) in [7, 11) is 0. The molecular weight excluding hydrogens is 227 g/mol. The van der Waals surface area contributed by atoms with Crippen LogP contribution in [-0.4, -0.2) is 18.1 Å². The Morgan fingerprint density at radius 1 is 1.56 bits per heavy atom. The maximum atomic E-state index is 13.0. The van der Waals surface area contributed by atoms with E-state index in [1.54, 1.807) is 0 Å². The summed E-state index contributed by atoms with van der Waals surface area (Å²) < 4.78 is 13.0. The third-order valence-corrected chi connectivity index (χ3v) is 3.20. The van der Waals surface area contributed by atoms with E-state index in [2.05, 4.69) is 16.8 Å². The molecule has 0 saturated heterocycles. The Labute approximate surface area is 100 Å². The maximum Gasteiger partial charge on any atom is 0.141 e. The van der Waals surface area contributed by atoms with E-state index in [9.17, 15) is 4.39 Å². The van der Waals surface area contributed by atoms with Crippen LogP contribution in [0.25, 0.3) is 0 Å². The fourth-order valence-corrected chi connectivity index (χ4v) is 2.03. The fourth-order valence-electron chi connectivity index (χ4n) is 1.83. The van der Waals surface area contributed by atoms with E-state index in [0.717, 1.165) is 30.4 Å². The number of hydrogen-bond donors (Lipinski definition) is 0.